The van der Waals surface area contributed by atoms with E-state index in [-0.39, 0.29) is 6.04 Å². The van der Waals surface area contributed by atoms with Gasteiger partial charge in [0.1, 0.15) is 5.82 Å². The van der Waals surface area contributed by atoms with E-state index in [1.165, 1.54) is 0 Å². The number of hydrogen-bond acceptors (Lipinski definition) is 5. The lowest BCUT2D eigenvalue weighted by atomic mass is 10.2. The van der Waals surface area contributed by atoms with Crippen molar-refractivity contribution in [1.29, 1.82) is 0 Å². The molecule has 5 heteroatoms. The molecule has 0 radical (unpaired) electrons. The average molecular weight is 224 g/mol. The van der Waals surface area contributed by atoms with E-state index in [9.17, 15) is 0 Å². The third-order valence-corrected chi connectivity index (χ3v) is 1.97. The molecule has 1 unspecified atom stereocenters. The molecule has 0 bridgehead atoms. The topological polar surface area (TPSA) is 73.1 Å². The van der Waals surface area contributed by atoms with E-state index in [1.54, 1.807) is 12.4 Å². The van der Waals surface area contributed by atoms with Crippen LogP contribution >= 0.6 is 0 Å². The van der Waals surface area contributed by atoms with Crippen LogP contribution in [0.3, 0.4) is 0 Å². The van der Waals surface area contributed by atoms with Crippen LogP contribution in [0.2, 0.25) is 0 Å². The van der Waals surface area contributed by atoms with Crippen molar-refractivity contribution in [3.63, 3.8) is 0 Å². The van der Waals surface area contributed by atoms with Crippen LogP contribution in [-0.2, 0) is 0 Å². The second-order valence-corrected chi connectivity index (χ2v) is 3.78. The van der Waals surface area contributed by atoms with Crippen LogP contribution in [0.1, 0.15) is 26.7 Å². The summed E-state index contributed by atoms with van der Waals surface area (Å²) in [6.07, 6.45) is 5.16. The maximum absolute atomic E-state index is 5.65. The van der Waals surface area contributed by atoms with Crippen molar-refractivity contribution in [2.24, 2.45) is 5.73 Å². The van der Waals surface area contributed by atoms with E-state index in [0.717, 1.165) is 25.2 Å². The van der Waals surface area contributed by atoms with Gasteiger partial charge in [0.25, 0.3) is 0 Å². The first-order valence-corrected chi connectivity index (χ1v) is 5.66. The summed E-state index contributed by atoms with van der Waals surface area (Å²) >= 11 is 0. The van der Waals surface area contributed by atoms with Gasteiger partial charge in [-0.2, -0.15) is 4.98 Å². The third kappa shape index (κ3) is 4.93. The van der Waals surface area contributed by atoms with Crippen LogP contribution in [-0.4, -0.2) is 29.2 Å². The van der Waals surface area contributed by atoms with Crippen LogP contribution in [0, 0.1) is 0 Å². The number of aromatic nitrogens is 2. The molecule has 0 aliphatic heterocycles. The Balaban J connectivity index is 2.40. The van der Waals surface area contributed by atoms with E-state index in [2.05, 4.69) is 22.2 Å². The van der Waals surface area contributed by atoms with E-state index < -0.39 is 0 Å². The van der Waals surface area contributed by atoms with Gasteiger partial charge >= 0.3 is 0 Å². The van der Waals surface area contributed by atoms with Gasteiger partial charge in [0.05, 0.1) is 19.0 Å². The monoisotopic (exact) mass is 224 g/mol. The van der Waals surface area contributed by atoms with Crippen molar-refractivity contribution in [1.82, 2.24) is 9.97 Å². The smallest absolute Gasteiger partial charge is 0.234 e. The summed E-state index contributed by atoms with van der Waals surface area (Å²) in [5.74, 6) is 1.29. The van der Waals surface area contributed by atoms with Gasteiger partial charge < -0.3 is 15.8 Å². The molecule has 16 heavy (non-hydrogen) atoms. The number of nitrogens with zero attached hydrogens (tertiary/aromatic N) is 2. The molecule has 1 heterocycles. The molecule has 1 rings (SSSR count). The highest BCUT2D eigenvalue weighted by atomic mass is 16.5. The average Bonchev–Trinajstić information content (AvgIpc) is 2.26. The van der Waals surface area contributed by atoms with Crippen molar-refractivity contribution in [2.75, 3.05) is 18.5 Å². The summed E-state index contributed by atoms with van der Waals surface area (Å²) in [5, 5.41) is 3.16. The molecule has 3 N–H and O–H groups in total. The van der Waals surface area contributed by atoms with Crippen LogP contribution < -0.4 is 15.8 Å². The number of rotatable bonds is 7. The summed E-state index contributed by atoms with van der Waals surface area (Å²) in [4.78, 5) is 8.32. The van der Waals surface area contributed by atoms with E-state index in [4.69, 9.17) is 10.5 Å². The standard InChI is InChI=1S/C11H20N4O/c1-3-6-16-11-8-13-7-10(15-11)14-5-4-9(2)12/h7-9H,3-6,12H2,1-2H3,(H,14,15). The van der Waals surface area contributed by atoms with Gasteiger partial charge in [-0.05, 0) is 19.8 Å². The summed E-state index contributed by atoms with van der Waals surface area (Å²) in [6.45, 7) is 5.49. The molecule has 0 fully saturated rings. The van der Waals surface area contributed by atoms with Crippen molar-refractivity contribution in [2.45, 2.75) is 32.7 Å². The molecule has 0 aliphatic carbocycles. The van der Waals surface area contributed by atoms with Gasteiger partial charge in [0.15, 0.2) is 0 Å². The highest BCUT2D eigenvalue weighted by molar-refractivity contribution is 5.32. The normalized spacial score (nSPS) is 12.2. The Kier molecular flexibility index (Phi) is 5.56. The number of nitrogens with one attached hydrogen (secondary N) is 1. The molecule has 5 nitrogen and oxygen atoms in total. The first-order chi connectivity index (χ1) is 7.72. The van der Waals surface area contributed by atoms with Crippen molar-refractivity contribution >= 4 is 5.82 Å². The molecule has 0 aromatic carbocycles. The zero-order chi connectivity index (χ0) is 11.8. The first-order valence-electron chi connectivity index (χ1n) is 5.66. The quantitative estimate of drug-likeness (QED) is 0.732. The molecule has 0 saturated carbocycles. The summed E-state index contributed by atoms with van der Waals surface area (Å²) in [7, 11) is 0. The zero-order valence-electron chi connectivity index (χ0n) is 9.94. The number of ether oxygens (including phenoxy) is 1. The molecule has 1 aromatic rings. The number of nitrogens with two attached hydrogens (primary N) is 1. The fraction of sp³-hybridized carbons (Fsp3) is 0.636. The summed E-state index contributed by atoms with van der Waals surface area (Å²) < 4.78 is 5.38. The molecule has 1 aromatic heterocycles. The Labute approximate surface area is 96.4 Å². The maximum Gasteiger partial charge on any atom is 0.234 e. The van der Waals surface area contributed by atoms with Crippen molar-refractivity contribution in [3.05, 3.63) is 12.4 Å². The van der Waals surface area contributed by atoms with Gasteiger partial charge in [0.2, 0.25) is 5.88 Å². The highest BCUT2D eigenvalue weighted by Gasteiger charge is 1.99. The maximum atomic E-state index is 5.65. The SMILES string of the molecule is CCCOc1cncc(NCCC(C)N)n1. The highest BCUT2D eigenvalue weighted by Crippen LogP contribution is 2.09. The fourth-order valence-electron chi connectivity index (χ4n) is 1.14. The molecule has 0 amide bonds. The fourth-order valence-corrected chi connectivity index (χ4v) is 1.14. The number of anilines is 1. The minimum absolute atomic E-state index is 0.194. The van der Waals surface area contributed by atoms with Crippen LogP contribution in [0.5, 0.6) is 5.88 Å². The lowest BCUT2D eigenvalue weighted by Crippen LogP contribution is -2.19. The molecule has 0 aliphatic rings. The lowest BCUT2D eigenvalue weighted by Gasteiger charge is -2.08. The molecule has 0 spiro atoms. The number of hydrogen-bond donors (Lipinski definition) is 2. The van der Waals surface area contributed by atoms with Gasteiger partial charge in [-0.1, -0.05) is 6.92 Å². The van der Waals surface area contributed by atoms with Gasteiger partial charge in [-0.3, -0.25) is 4.98 Å². The predicted octanol–water partition coefficient (Wildman–Crippen LogP) is 1.41. The molecule has 1 atom stereocenters. The summed E-state index contributed by atoms with van der Waals surface area (Å²) in [5.41, 5.74) is 5.65. The Bertz CT molecular complexity index is 304. The zero-order valence-corrected chi connectivity index (χ0v) is 9.94. The molecule has 90 valence electrons. The van der Waals surface area contributed by atoms with E-state index in [0.29, 0.717) is 12.5 Å². The van der Waals surface area contributed by atoms with E-state index >= 15 is 0 Å². The second-order valence-electron chi connectivity index (χ2n) is 3.78. The van der Waals surface area contributed by atoms with Gasteiger partial charge in [0, 0.05) is 12.6 Å². The first kappa shape index (κ1) is 12.7. The summed E-state index contributed by atoms with van der Waals surface area (Å²) in [6, 6.07) is 0.194. The predicted molar refractivity (Wildman–Crippen MR) is 64.6 cm³/mol. The molecular weight excluding hydrogens is 204 g/mol. The third-order valence-electron chi connectivity index (χ3n) is 1.97. The Morgan fingerprint density at radius 1 is 1.50 bits per heavy atom. The Hall–Kier alpha value is -1.36. The second kappa shape index (κ2) is 7.00. The van der Waals surface area contributed by atoms with Gasteiger partial charge in [-0.15, -0.1) is 0 Å². The molecular formula is C11H20N4O. The molecule has 0 saturated heterocycles. The Morgan fingerprint density at radius 2 is 2.31 bits per heavy atom. The lowest BCUT2D eigenvalue weighted by molar-refractivity contribution is 0.304. The minimum Gasteiger partial charge on any atom is -0.477 e. The van der Waals surface area contributed by atoms with Gasteiger partial charge in [-0.25, -0.2) is 0 Å². The van der Waals surface area contributed by atoms with Crippen LogP contribution in [0.25, 0.3) is 0 Å². The van der Waals surface area contributed by atoms with Crippen LogP contribution in [0.4, 0.5) is 5.82 Å². The Morgan fingerprint density at radius 3 is 3.00 bits per heavy atom. The van der Waals surface area contributed by atoms with E-state index in [1.807, 2.05) is 6.92 Å². The van der Waals surface area contributed by atoms with Crippen LogP contribution in [0.15, 0.2) is 12.4 Å². The largest absolute Gasteiger partial charge is 0.477 e. The van der Waals surface area contributed by atoms with Crippen molar-refractivity contribution in [3.8, 4) is 5.88 Å². The minimum atomic E-state index is 0.194. The van der Waals surface area contributed by atoms with Crippen molar-refractivity contribution < 1.29 is 4.74 Å².